The molecule has 1 heterocycles. The molecule has 0 unspecified atom stereocenters. The molecule has 0 bridgehead atoms. The zero-order valence-electron chi connectivity index (χ0n) is 15.6. The Balaban J connectivity index is 1.74. The average molecular weight is 340 g/mol. The number of aryl methyl sites for hydroxylation is 2. The third kappa shape index (κ3) is 6.10. The number of aromatic nitrogens is 1. The number of hydrogen-bond donors (Lipinski definition) is 1. The van der Waals surface area contributed by atoms with Crippen LogP contribution in [0.3, 0.4) is 0 Å². The molecule has 0 spiro atoms. The van der Waals surface area contributed by atoms with E-state index < -0.39 is 0 Å². The summed E-state index contributed by atoms with van der Waals surface area (Å²) in [4.78, 5) is 10.5. The van der Waals surface area contributed by atoms with E-state index in [9.17, 15) is 0 Å². The van der Waals surface area contributed by atoms with Crippen LogP contribution in [-0.2, 0) is 6.42 Å². The molecule has 2 rings (SSSR count). The van der Waals surface area contributed by atoms with E-state index in [1.807, 2.05) is 31.6 Å². The van der Waals surface area contributed by atoms with E-state index in [-0.39, 0.29) is 0 Å². The van der Waals surface area contributed by atoms with Crippen LogP contribution in [0.1, 0.15) is 16.7 Å². The Morgan fingerprint density at radius 2 is 1.96 bits per heavy atom. The van der Waals surface area contributed by atoms with Gasteiger partial charge in [-0.2, -0.15) is 0 Å². The molecule has 1 aromatic carbocycles. The number of guanidine groups is 1. The van der Waals surface area contributed by atoms with Crippen LogP contribution in [0.4, 0.5) is 0 Å². The summed E-state index contributed by atoms with van der Waals surface area (Å²) in [7, 11) is 3.82. The Labute approximate surface area is 150 Å². The van der Waals surface area contributed by atoms with E-state index >= 15 is 0 Å². The van der Waals surface area contributed by atoms with Crippen molar-refractivity contribution in [2.45, 2.75) is 20.3 Å². The second-order valence-corrected chi connectivity index (χ2v) is 6.11. The van der Waals surface area contributed by atoms with Crippen molar-refractivity contribution >= 4 is 5.96 Å². The molecule has 0 amide bonds. The van der Waals surface area contributed by atoms with Gasteiger partial charge < -0.3 is 15.0 Å². The maximum atomic E-state index is 5.78. The Bertz CT molecular complexity index is 682. The molecule has 134 valence electrons. The van der Waals surface area contributed by atoms with Crippen molar-refractivity contribution in [2.75, 3.05) is 33.8 Å². The first kappa shape index (κ1) is 18.8. The normalized spacial score (nSPS) is 11.3. The molecular weight excluding hydrogens is 312 g/mol. The fourth-order valence-electron chi connectivity index (χ4n) is 2.52. The summed E-state index contributed by atoms with van der Waals surface area (Å²) < 4.78 is 5.78. The van der Waals surface area contributed by atoms with Crippen molar-refractivity contribution in [1.82, 2.24) is 15.2 Å². The first-order valence-electron chi connectivity index (χ1n) is 8.61. The summed E-state index contributed by atoms with van der Waals surface area (Å²) in [5.74, 6) is 1.77. The van der Waals surface area contributed by atoms with Crippen molar-refractivity contribution in [1.29, 1.82) is 0 Å². The molecular formula is C20H28N4O. The Morgan fingerprint density at radius 3 is 2.64 bits per heavy atom. The molecule has 0 atom stereocenters. The maximum Gasteiger partial charge on any atom is 0.193 e. The summed E-state index contributed by atoms with van der Waals surface area (Å²) in [5, 5.41) is 3.40. The van der Waals surface area contributed by atoms with Crippen LogP contribution in [0.15, 0.2) is 47.7 Å². The van der Waals surface area contributed by atoms with Gasteiger partial charge in [0, 0.05) is 33.0 Å². The van der Waals surface area contributed by atoms with Crippen molar-refractivity contribution in [2.24, 2.45) is 4.99 Å². The highest BCUT2D eigenvalue weighted by atomic mass is 16.5. The lowest BCUT2D eigenvalue weighted by atomic mass is 10.1. The molecule has 1 aromatic heterocycles. The molecule has 0 aliphatic heterocycles. The lowest BCUT2D eigenvalue weighted by Gasteiger charge is -2.22. The van der Waals surface area contributed by atoms with Crippen LogP contribution in [-0.4, -0.2) is 49.6 Å². The van der Waals surface area contributed by atoms with Crippen molar-refractivity contribution in [3.63, 3.8) is 0 Å². The first-order chi connectivity index (χ1) is 12.1. The number of pyridine rings is 1. The summed E-state index contributed by atoms with van der Waals surface area (Å²) in [6.07, 6.45) is 4.69. The zero-order valence-corrected chi connectivity index (χ0v) is 15.6. The minimum atomic E-state index is 0.615. The Kier molecular flexibility index (Phi) is 7.26. The molecule has 0 fully saturated rings. The number of likely N-dealkylation sites (N-methyl/N-ethyl adjacent to an activating group) is 1. The highest BCUT2D eigenvalue weighted by Gasteiger charge is 2.06. The monoisotopic (exact) mass is 340 g/mol. The topological polar surface area (TPSA) is 49.8 Å². The lowest BCUT2D eigenvalue weighted by Crippen LogP contribution is -2.41. The highest BCUT2D eigenvalue weighted by molar-refractivity contribution is 5.79. The molecule has 2 aromatic rings. The van der Waals surface area contributed by atoms with Gasteiger partial charge in [0.25, 0.3) is 0 Å². The van der Waals surface area contributed by atoms with Crippen molar-refractivity contribution in [3.8, 4) is 5.75 Å². The zero-order chi connectivity index (χ0) is 18.1. The highest BCUT2D eigenvalue weighted by Crippen LogP contribution is 2.11. The van der Waals surface area contributed by atoms with Gasteiger partial charge in [-0.3, -0.25) is 9.98 Å². The second kappa shape index (κ2) is 9.67. The fourth-order valence-corrected chi connectivity index (χ4v) is 2.52. The molecule has 0 radical (unpaired) electrons. The van der Waals surface area contributed by atoms with E-state index in [2.05, 4.69) is 52.2 Å². The third-order valence-corrected chi connectivity index (χ3v) is 4.10. The number of ether oxygens (including phenoxy) is 1. The van der Waals surface area contributed by atoms with Crippen molar-refractivity contribution in [3.05, 3.63) is 59.4 Å². The van der Waals surface area contributed by atoms with Gasteiger partial charge in [0.1, 0.15) is 12.4 Å². The fraction of sp³-hybridized carbons (Fsp3) is 0.400. The van der Waals surface area contributed by atoms with Crippen LogP contribution in [0.2, 0.25) is 0 Å². The largest absolute Gasteiger partial charge is 0.492 e. The number of nitrogens with one attached hydrogen (secondary N) is 1. The molecule has 0 saturated carbocycles. The molecule has 0 aliphatic carbocycles. The molecule has 25 heavy (non-hydrogen) atoms. The summed E-state index contributed by atoms with van der Waals surface area (Å²) in [6, 6.07) is 10.2. The van der Waals surface area contributed by atoms with Gasteiger partial charge in [-0.05, 0) is 49.6 Å². The lowest BCUT2D eigenvalue weighted by molar-refractivity contribution is 0.281. The smallest absolute Gasteiger partial charge is 0.193 e. The molecule has 0 aliphatic rings. The van der Waals surface area contributed by atoms with Crippen LogP contribution in [0.25, 0.3) is 0 Å². The average Bonchev–Trinajstić information content (AvgIpc) is 2.62. The van der Waals surface area contributed by atoms with E-state index in [1.165, 1.54) is 16.7 Å². The van der Waals surface area contributed by atoms with Gasteiger partial charge in [0.15, 0.2) is 5.96 Å². The Morgan fingerprint density at radius 1 is 1.20 bits per heavy atom. The molecule has 5 nitrogen and oxygen atoms in total. The van der Waals surface area contributed by atoms with E-state index in [0.29, 0.717) is 6.61 Å². The van der Waals surface area contributed by atoms with Crippen LogP contribution in [0, 0.1) is 13.8 Å². The Hall–Kier alpha value is -2.56. The van der Waals surface area contributed by atoms with E-state index in [1.54, 1.807) is 7.05 Å². The number of nitrogens with zero attached hydrogens (tertiary/aromatic N) is 3. The summed E-state index contributed by atoms with van der Waals surface area (Å²) in [5.41, 5.74) is 3.76. The van der Waals surface area contributed by atoms with Crippen LogP contribution < -0.4 is 10.1 Å². The predicted octanol–water partition coefficient (Wildman–Crippen LogP) is 2.83. The quantitative estimate of drug-likeness (QED) is 0.622. The van der Waals surface area contributed by atoms with Gasteiger partial charge >= 0.3 is 0 Å². The molecule has 1 N–H and O–H groups in total. The number of aliphatic imine (C=N–C) groups is 1. The first-order valence-corrected chi connectivity index (χ1v) is 8.61. The van der Waals surface area contributed by atoms with Gasteiger partial charge in [0.2, 0.25) is 0 Å². The van der Waals surface area contributed by atoms with E-state index in [4.69, 9.17) is 4.74 Å². The van der Waals surface area contributed by atoms with Gasteiger partial charge in [-0.15, -0.1) is 0 Å². The second-order valence-electron chi connectivity index (χ2n) is 6.11. The molecule has 0 saturated heterocycles. The minimum absolute atomic E-state index is 0.615. The van der Waals surface area contributed by atoms with Gasteiger partial charge in [0.05, 0.1) is 6.54 Å². The van der Waals surface area contributed by atoms with E-state index in [0.717, 1.165) is 31.2 Å². The minimum Gasteiger partial charge on any atom is -0.492 e. The third-order valence-electron chi connectivity index (χ3n) is 4.10. The number of rotatable bonds is 7. The predicted molar refractivity (Wildman–Crippen MR) is 103 cm³/mol. The number of benzene rings is 1. The summed E-state index contributed by atoms with van der Waals surface area (Å²) >= 11 is 0. The maximum absolute atomic E-state index is 5.78. The van der Waals surface area contributed by atoms with Crippen molar-refractivity contribution < 1.29 is 4.74 Å². The van der Waals surface area contributed by atoms with Crippen LogP contribution in [0.5, 0.6) is 5.75 Å². The number of hydrogen-bond acceptors (Lipinski definition) is 3. The SMILES string of the molecule is CN=C(NCCc1ccncc1C)N(C)CCOc1ccc(C)cc1. The standard InChI is InChI=1S/C20H28N4O/c1-16-5-7-19(8-6-16)25-14-13-24(4)20(21-3)23-12-10-18-9-11-22-15-17(18)2/h5-9,11,15H,10,12-14H2,1-4H3,(H,21,23). The van der Waals surface area contributed by atoms with Crippen LogP contribution >= 0.6 is 0 Å². The van der Waals surface area contributed by atoms with Gasteiger partial charge in [-0.25, -0.2) is 0 Å². The van der Waals surface area contributed by atoms with Gasteiger partial charge in [-0.1, -0.05) is 17.7 Å². The molecule has 5 heteroatoms. The summed E-state index contributed by atoms with van der Waals surface area (Å²) in [6.45, 7) is 6.37.